The summed E-state index contributed by atoms with van der Waals surface area (Å²) in [5.74, 6) is -2.35. The maximum absolute atomic E-state index is 12.9. The van der Waals surface area contributed by atoms with Crippen LogP contribution < -0.4 is 5.11 Å². The van der Waals surface area contributed by atoms with Crippen molar-refractivity contribution < 1.29 is 42.9 Å². The van der Waals surface area contributed by atoms with E-state index in [2.05, 4.69) is 160 Å². The number of ether oxygens (including phenoxy) is 4. The first kappa shape index (κ1) is 82.2. The van der Waals surface area contributed by atoms with E-state index in [1.54, 1.807) is 0 Å². The lowest BCUT2D eigenvalue weighted by atomic mass is 10.0. The number of nitrogens with zero attached hydrogens (tertiary/aromatic N) is 1. The highest BCUT2D eigenvalue weighted by Gasteiger charge is 2.22. The van der Waals surface area contributed by atoms with Crippen LogP contribution in [0.3, 0.4) is 0 Å². The van der Waals surface area contributed by atoms with E-state index in [0.29, 0.717) is 17.4 Å². The third-order valence-corrected chi connectivity index (χ3v) is 14.6. The molecule has 0 aromatic rings. The van der Waals surface area contributed by atoms with Gasteiger partial charge in [-0.15, -0.1) is 0 Å². The number of allylic oxidation sites excluding steroid dienone is 24. The predicted molar refractivity (Wildman–Crippen MR) is 370 cm³/mol. The topological polar surface area (TPSA) is 111 Å². The summed E-state index contributed by atoms with van der Waals surface area (Å²) in [6.45, 7) is 4.58. The summed E-state index contributed by atoms with van der Waals surface area (Å²) in [5.41, 5.74) is 0. The molecule has 0 radical (unpaired) electrons. The van der Waals surface area contributed by atoms with Gasteiger partial charge < -0.3 is 33.3 Å². The van der Waals surface area contributed by atoms with E-state index in [1.165, 1.54) is 135 Å². The van der Waals surface area contributed by atoms with Crippen molar-refractivity contribution >= 4 is 17.9 Å². The number of unbranched alkanes of at least 4 members (excludes halogenated alkanes) is 24. The van der Waals surface area contributed by atoms with E-state index >= 15 is 0 Å². The maximum Gasteiger partial charge on any atom is 0.306 e. The number of hydrogen-bond donors (Lipinski definition) is 0. The van der Waals surface area contributed by atoms with Gasteiger partial charge in [0, 0.05) is 12.8 Å². The highest BCUT2D eigenvalue weighted by atomic mass is 16.7. The van der Waals surface area contributed by atoms with Gasteiger partial charge in [-0.2, -0.15) is 0 Å². The molecule has 2 atom stereocenters. The van der Waals surface area contributed by atoms with Crippen LogP contribution in [0.4, 0.5) is 0 Å². The summed E-state index contributed by atoms with van der Waals surface area (Å²) < 4.78 is 22.7. The van der Waals surface area contributed by atoms with Gasteiger partial charge in [-0.1, -0.05) is 282 Å². The van der Waals surface area contributed by atoms with Crippen LogP contribution in [-0.4, -0.2) is 82.3 Å². The van der Waals surface area contributed by atoms with Crippen molar-refractivity contribution in [2.24, 2.45) is 0 Å². The van der Waals surface area contributed by atoms with E-state index in [1.807, 2.05) is 21.1 Å². The Hall–Kier alpha value is -4.83. The molecular weight excluding hydrogens is 1080 g/mol. The maximum atomic E-state index is 12.9. The molecule has 0 amide bonds. The summed E-state index contributed by atoms with van der Waals surface area (Å²) in [7, 11) is 5.91. The fourth-order valence-corrected chi connectivity index (χ4v) is 9.24. The fraction of sp³-hybridized carbons (Fsp3) is 0.654. The van der Waals surface area contributed by atoms with Gasteiger partial charge in [0.15, 0.2) is 12.4 Å². The van der Waals surface area contributed by atoms with Crippen molar-refractivity contribution in [3.05, 3.63) is 146 Å². The Morgan fingerprint density at radius 3 is 1.00 bits per heavy atom. The van der Waals surface area contributed by atoms with Gasteiger partial charge in [-0.05, 0) is 122 Å². The van der Waals surface area contributed by atoms with Gasteiger partial charge in [0.1, 0.15) is 13.2 Å². The number of rotatable bonds is 63. The third-order valence-electron chi connectivity index (χ3n) is 14.6. The summed E-state index contributed by atoms with van der Waals surface area (Å²) in [6, 6.07) is 0. The number of carbonyl (C=O) groups is 3. The van der Waals surface area contributed by atoms with Crippen molar-refractivity contribution in [3.63, 3.8) is 0 Å². The molecule has 87 heavy (non-hydrogen) atoms. The largest absolute Gasteiger partial charge is 0.545 e. The molecule has 0 aliphatic rings. The predicted octanol–water partition coefficient (Wildman–Crippen LogP) is 20.6. The standard InChI is InChI=1S/C78H129NO8/c1-6-8-10-12-14-16-18-20-22-24-26-28-30-32-34-36-37-38-39-41-43-45-47-49-51-53-55-57-59-61-63-65-67-69-76(81)87-74(73-86-78(77(82)83)84-71-70-79(3,4)5)72-85-75(80)68-66-64-62-60-58-56-54-52-50-48-46-44-42-40-35-33-31-29-27-25-23-21-19-17-15-13-11-9-7-2/h8,10,14,16,19-22,25-28,32,34,37-38,41,43,47,49,53,55,59,61,74,78H,6-7,9,11-13,15,17-18,23-24,29-31,33,35-36,39-40,42,44-46,48,50-52,54,56-58,60,62-73H2,1-5H3/b10-8-,16-14-,21-19-,22-20-,27-25-,28-26-,34-32-,38-37-,43-41-,49-47-,55-53-,61-59-. The third kappa shape index (κ3) is 68.5. The number of carbonyl (C=O) groups excluding carboxylic acids is 3. The molecular formula is C78H129NO8. The quantitative estimate of drug-likeness (QED) is 0.0195. The van der Waals surface area contributed by atoms with Crippen LogP contribution in [0.5, 0.6) is 0 Å². The zero-order chi connectivity index (χ0) is 63.3. The van der Waals surface area contributed by atoms with E-state index in [-0.39, 0.29) is 38.6 Å². The Labute approximate surface area is 534 Å². The van der Waals surface area contributed by atoms with Crippen LogP contribution in [-0.2, 0) is 33.3 Å². The molecule has 0 rings (SSSR count). The molecule has 0 saturated heterocycles. The molecule has 0 aliphatic carbocycles. The highest BCUT2D eigenvalue weighted by Crippen LogP contribution is 2.16. The highest BCUT2D eigenvalue weighted by molar-refractivity contribution is 5.70. The Morgan fingerprint density at radius 1 is 0.356 bits per heavy atom. The van der Waals surface area contributed by atoms with E-state index in [9.17, 15) is 19.5 Å². The zero-order valence-electron chi connectivity index (χ0n) is 56.3. The van der Waals surface area contributed by atoms with Crippen LogP contribution in [0.15, 0.2) is 146 Å². The molecule has 0 aliphatic heterocycles. The van der Waals surface area contributed by atoms with E-state index in [0.717, 1.165) is 103 Å². The number of likely N-dealkylation sites (N-methyl/N-ethyl adjacent to an activating group) is 1. The molecule has 494 valence electrons. The number of esters is 2. The van der Waals surface area contributed by atoms with Crippen LogP contribution in [0.2, 0.25) is 0 Å². The lowest BCUT2D eigenvalue weighted by Gasteiger charge is -2.26. The monoisotopic (exact) mass is 1210 g/mol. The molecule has 0 N–H and O–H groups in total. The minimum Gasteiger partial charge on any atom is -0.545 e. The van der Waals surface area contributed by atoms with Crippen LogP contribution in [0, 0.1) is 0 Å². The fourth-order valence-electron chi connectivity index (χ4n) is 9.24. The zero-order valence-corrected chi connectivity index (χ0v) is 56.3. The summed E-state index contributed by atoms with van der Waals surface area (Å²) >= 11 is 0. The first-order valence-electron chi connectivity index (χ1n) is 35.0. The van der Waals surface area contributed by atoms with Crippen molar-refractivity contribution in [2.45, 2.75) is 283 Å². The number of carboxylic acids is 1. The molecule has 0 bridgehead atoms. The second-order valence-electron chi connectivity index (χ2n) is 24.1. The van der Waals surface area contributed by atoms with Gasteiger partial charge in [-0.25, -0.2) is 0 Å². The summed E-state index contributed by atoms with van der Waals surface area (Å²) in [5, 5.41) is 11.8. The second-order valence-corrected chi connectivity index (χ2v) is 24.1. The lowest BCUT2D eigenvalue weighted by Crippen LogP contribution is -2.44. The smallest absolute Gasteiger partial charge is 0.306 e. The molecule has 0 saturated carbocycles. The van der Waals surface area contributed by atoms with Gasteiger partial charge in [0.2, 0.25) is 0 Å². The summed E-state index contributed by atoms with van der Waals surface area (Å²) in [6.07, 6.45) is 95.0. The van der Waals surface area contributed by atoms with Crippen molar-refractivity contribution in [2.75, 3.05) is 47.5 Å². The minimum absolute atomic E-state index is 0.132. The van der Waals surface area contributed by atoms with Crippen LogP contribution >= 0.6 is 0 Å². The Morgan fingerprint density at radius 2 is 0.655 bits per heavy atom. The Kier molecular flexibility index (Phi) is 63.4. The lowest BCUT2D eigenvalue weighted by molar-refractivity contribution is -0.870. The van der Waals surface area contributed by atoms with E-state index in [4.69, 9.17) is 18.9 Å². The van der Waals surface area contributed by atoms with Crippen molar-refractivity contribution in [1.29, 1.82) is 0 Å². The minimum atomic E-state index is -1.64. The van der Waals surface area contributed by atoms with Crippen molar-refractivity contribution in [3.8, 4) is 0 Å². The van der Waals surface area contributed by atoms with Crippen LogP contribution in [0.1, 0.15) is 271 Å². The molecule has 9 nitrogen and oxygen atoms in total. The normalized spacial score (nSPS) is 13.6. The molecule has 0 aromatic heterocycles. The number of quaternary nitrogens is 1. The van der Waals surface area contributed by atoms with Crippen LogP contribution in [0.25, 0.3) is 0 Å². The SMILES string of the molecule is CC/C=C\C/C=C\C/C=C\C/C=C\C/C=C\C/C=C\C/C=C\C/C=C\C/C=C\C/C=C\CCCCC(=O)OC(COC(=O)CCCCCCCCCCCCCCCCCCC/C=C\C/C=C\CCCCCCC)COC(OCC[N+](C)(C)C)C(=O)[O-]. The molecule has 2 unspecified atom stereocenters. The molecule has 0 fully saturated rings. The summed E-state index contributed by atoms with van der Waals surface area (Å²) in [4.78, 5) is 37.5. The first-order valence-corrected chi connectivity index (χ1v) is 35.0. The number of aliphatic carboxylic acids is 1. The van der Waals surface area contributed by atoms with E-state index < -0.39 is 24.3 Å². The number of hydrogen-bond acceptors (Lipinski definition) is 8. The number of carboxylic acid groups (broad SMARTS) is 1. The molecule has 0 spiro atoms. The van der Waals surface area contributed by atoms with Crippen molar-refractivity contribution in [1.82, 2.24) is 0 Å². The van der Waals surface area contributed by atoms with Gasteiger partial charge >= 0.3 is 11.9 Å². The average molecular weight is 1210 g/mol. The average Bonchev–Trinajstić information content (AvgIpc) is 3.59. The van der Waals surface area contributed by atoms with Gasteiger partial charge in [-0.3, -0.25) is 9.59 Å². The molecule has 0 aromatic carbocycles. The Balaban J connectivity index is 4.25. The Bertz CT molecular complexity index is 1940. The first-order chi connectivity index (χ1) is 42.6. The second kappa shape index (κ2) is 67.1. The van der Waals surface area contributed by atoms with Gasteiger partial charge in [0.25, 0.3) is 0 Å². The molecule has 0 heterocycles. The van der Waals surface area contributed by atoms with Gasteiger partial charge in [0.05, 0.1) is 40.3 Å². The molecule has 9 heteroatoms.